The summed E-state index contributed by atoms with van der Waals surface area (Å²) in [7, 11) is -3.60. The van der Waals surface area contributed by atoms with Gasteiger partial charge in [0, 0.05) is 12.6 Å². The lowest BCUT2D eigenvalue weighted by atomic mass is 9.58. The largest absolute Gasteiger partial charge is 0.243 e. The fourth-order valence-corrected chi connectivity index (χ4v) is 7.95. The highest BCUT2D eigenvalue weighted by molar-refractivity contribution is 7.89. The van der Waals surface area contributed by atoms with Crippen LogP contribution in [-0.2, 0) is 16.6 Å². The Morgan fingerprint density at radius 1 is 1.00 bits per heavy atom. The molecule has 0 bridgehead atoms. The molecule has 3 nitrogen and oxygen atoms in total. The Labute approximate surface area is 182 Å². The van der Waals surface area contributed by atoms with E-state index in [4.69, 9.17) is 0 Å². The van der Waals surface area contributed by atoms with Crippen LogP contribution in [0.4, 0.5) is 0 Å². The second-order valence-electron chi connectivity index (χ2n) is 10.6. The van der Waals surface area contributed by atoms with Gasteiger partial charge in [-0.1, -0.05) is 75.2 Å². The van der Waals surface area contributed by atoms with Gasteiger partial charge in [-0.25, -0.2) is 8.42 Å². The molecule has 2 aliphatic rings. The van der Waals surface area contributed by atoms with Crippen LogP contribution in [-0.4, -0.2) is 18.8 Å². The molecule has 0 spiro atoms. The maximum absolute atomic E-state index is 14.0. The maximum atomic E-state index is 14.0. The quantitative estimate of drug-likeness (QED) is 0.573. The first-order chi connectivity index (χ1) is 14.1. The Balaban J connectivity index is 1.79. The average Bonchev–Trinajstić information content (AvgIpc) is 3.06. The Morgan fingerprint density at radius 2 is 1.67 bits per heavy atom. The van der Waals surface area contributed by atoms with Crippen molar-refractivity contribution in [3.05, 3.63) is 65.7 Å². The lowest BCUT2D eigenvalue weighted by Gasteiger charge is -2.52. The number of fused-ring (bicyclic) bond motifs is 1. The third kappa shape index (κ3) is 4.09. The third-order valence-electron chi connectivity index (χ3n) is 7.45. The molecule has 30 heavy (non-hydrogen) atoms. The van der Waals surface area contributed by atoms with Crippen molar-refractivity contribution in [2.45, 2.75) is 77.3 Å². The van der Waals surface area contributed by atoms with Gasteiger partial charge in [0.05, 0.1) is 4.90 Å². The first-order valence-electron chi connectivity index (χ1n) is 11.2. The molecule has 0 saturated heterocycles. The average molecular weight is 426 g/mol. The van der Waals surface area contributed by atoms with Gasteiger partial charge in [0.25, 0.3) is 0 Å². The number of benzene rings is 2. The number of sulfonamides is 1. The number of hydrogen-bond acceptors (Lipinski definition) is 2. The van der Waals surface area contributed by atoms with Crippen LogP contribution in [0.3, 0.4) is 0 Å². The topological polar surface area (TPSA) is 37.4 Å². The maximum Gasteiger partial charge on any atom is 0.243 e. The smallest absolute Gasteiger partial charge is 0.207 e. The molecule has 0 heterocycles. The molecule has 0 unspecified atom stereocenters. The first-order valence-corrected chi connectivity index (χ1v) is 12.7. The van der Waals surface area contributed by atoms with Crippen molar-refractivity contribution in [2.75, 3.05) is 0 Å². The van der Waals surface area contributed by atoms with Gasteiger partial charge in [-0.3, -0.25) is 0 Å². The molecule has 2 saturated carbocycles. The van der Waals surface area contributed by atoms with Gasteiger partial charge in [-0.15, -0.1) is 0 Å². The van der Waals surface area contributed by atoms with Crippen LogP contribution >= 0.6 is 0 Å². The summed E-state index contributed by atoms with van der Waals surface area (Å²) in [5.41, 5.74) is 2.49. The standard InChI is InChI=1S/C26H35NO2S/c1-20-12-14-22(15-13-20)30(28,29)27(18-21-9-6-5-7-10-21)24-17-25(2,3)19-26(4)16-8-11-23(24)26/h5-7,9-10,12-15,23-24H,8,11,16-19H2,1-4H3/t23-,24+,26+/m0/s1. The Hall–Kier alpha value is -1.65. The molecule has 2 fully saturated rings. The van der Waals surface area contributed by atoms with Crippen molar-refractivity contribution in [2.24, 2.45) is 16.7 Å². The predicted molar refractivity (Wildman–Crippen MR) is 123 cm³/mol. The van der Waals surface area contributed by atoms with E-state index in [2.05, 4.69) is 20.8 Å². The highest BCUT2D eigenvalue weighted by Gasteiger charge is 2.54. The first kappa shape index (κ1) is 21.6. The molecule has 2 aliphatic carbocycles. The Kier molecular flexibility index (Phi) is 5.61. The fourth-order valence-electron chi connectivity index (χ4n) is 6.30. The summed E-state index contributed by atoms with van der Waals surface area (Å²) >= 11 is 0. The van der Waals surface area contributed by atoms with Crippen molar-refractivity contribution in [3.8, 4) is 0 Å². The molecule has 4 heteroatoms. The summed E-state index contributed by atoms with van der Waals surface area (Å²) in [4.78, 5) is 0.409. The highest BCUT2D eigenvalue weighted by Crippen LogP contribution is 2.58. The zero-order chi connectivity index (χ0) is 21.6. The van der Waals surface area contributed by atoms with Crippen LogP contribution in [0.25, 0.3) is 0 Å². The summed E-state index contributed by atoms with van der Waals surface area (Å²) < 4.78 is 29.8. The van der Waals surface area contributed by atoms with E-state index in [-0.39, 0.29) is 16.9 Å². The molecule has 0 aliphatic heterocycles. The number of aryl methyl sites for hydroxylation is 1. The minimum Gasteiger partial charge on any atom is -0.207 e. The Bertz CT molecular complexity index is 981. The van der Waals surface area contributed by atoms with E-state index < -0.39 is 10.0 Å². The molecule has 4 rings (SSSR count). The molecule has 0 radical (unpaired) electrons. The lowest BCUT2D eigenvalue weighted by Crippen LogP contribution is -2.53. The second-order valence-corrected chi connectivity index (χ2v) is 12.5. The minimum atomic E-state index is -3.60. The van der Waals surface area contributed by atoms with Crippen molar-refractivity contribution >= 4 is 10.0 Å². The van der Waals surface area contributed by atoms with Crippen LogP contribution in [0.2, 0.25) is 0 Å². The lowest BCUT2D eigenvalue weighted by molar-refractivity contribution is -0.00218. The molecule has 0 N–H and O–H groups in total. The zero-order valence-corrected chi connectivity index (χ0v) is 19.6. The summed E-state index contributed by atoms with van der Waals surface area (Å²) in [6.07, 6.45) is 5.65. The molecular weight excluding hydrogens is 390 g/mol. The molecule has 2 aromatic rings. The summed E-state index contributed by atoms with van der Waals surface area (Å²) in [5.74, 6) is 0.425. The van der Waals surface area contributed by atoms with Gasteiger partial charge < -0.3 is 0 Å². The molecule has 0 aromatic heterocycles. The van der Waals surface area contributed by atoms with E-state index in [9.17, 15) is 8.42 Å². The van der Waals surface area contributed by atoms with E-state index in [0.717, 1.165) is 24.0 Å². The van der Waals surface area contributed by atoms with E-state index >= 15 is 0 Å². The van der Waals surface area contributed by atoms with Crippen molar-refractivity contribution in [3.63, 3.8) is 0 Å². The van der Waals surface area contributed by atoms with Gasteiger partial charge in [-0.2, -0.15) is 4.31 Å². The van der Waals surface area contributed by atoms with E-state index in [1.54, 1.807) is 12.1 Å². The number of nitrogens with zero attached hydrogens (tertiary/aromatic N) is 1. The molecular formula is C26H35NO2S. The highest BCUT2D eigenvalue weighted by atomic mass is 32.2. The van der Waals surface area contributed by atoms with E-state index in [0.29, 0.717) is 17.4 Å². The van der Waals surface area contributed by atoms with E-state index in [1.807, 2.05) is 53.7 Å². The minimum absolute atomic E-state index is 0.0350. The SMILES string of the molecule is Cc1ccc(S(=O)(=O)N(Cc2ccccc2)[C@@H]2CC(C)(C)C[C@@]3(C)CCC[C@@H]23)cc1. The van der Waals surface area contributed by atoms with Crippen LogP contribution < -0.4 is 0 Å². The van der Waals surface area contributed by atoms with Crippen molar-refractivity contribution in [1.82, 2.24) is 4.31 Å². The second kappa shape index (κ2) is 7.80. The van der Waals surface area contributed by atoms with Crippen LogP contribution in [0.15, 0.2) is 59.5 Å². The van der Waals surface area contributed by atoms with E-state index in [1.165, 1.54) is 19.3 Å². The fraction of sp³-hybridized carbons (Fsp3) is 0.538. The van der Waals surface area contributed by atoms with Crippen LogP contribution in [0.1, 0.15) is 64.0 Å². The molecule has 0 amide bonds. The molecule has 3 atom stereocenters. The summed E-state index contributed by atoms with van der Waals surface area (Å²) in [5, 5.41) is 0. The Morgan fingerprint density at radius 3 is 2.33 bits per heavy atom. The summed E-state index contributed by atoms with van der Waals surface area (Å²) in [6, 6.07) is 17.4. The van der Waals surface area contributed by atoms with Gasteiger partial charge in [0.15, 0.2) is 0 Å². The van der Waals surface area contributed by atoms with Gasteiger partial charge in [0.1, 0.15) is 0 Å². The van der Waals surface area contributed by atoms with Gasteiger partial charge in [-0.05, 0) is 67.1 Å². The monoisotopic (exact) mass is 425 g/mol. The molecule has 2 aromatic carbocycles. The van der Waals surface area contributed by atoms with Crippen molar-refractivity contribution in [1.29, 1.82) is 0 Å². The van der Waals surface area contributed by atoms with Crippen molar-refractivity contribution < 1.29 is 8.42 Å². The zero-order valence-electron chi connectivity index (χ0n) is 18.8. The number of hydrogen-bond donors (Lipinski definition) is 0. The van der Waals surface area contributed by atoms with Gasteiger partial charge in [0.2, 0.25) is 10.0 Å². The number of rotatable bonds is 5. The van der Waals surface area contributed by atoms with Crippen LogP contribution in [0, 0.1) is 23.7 Å². The molecule has 162 valence electrons. The van der Waals surface area contributed by atoms with Gasteiger partial charge >= 0.3 is 0 Å². The van der Waals surface area contributed by atoms with Crippen LogP contribution in [0.5, 0.6) is 0 Å². The predicted octanol–water partition coefficient (Wildman–Crippen LogP) is 6.18. The normalized spacial score (nSPS) is 28.4. The summed E-state index contributed by atoms with van der Waals surface area (Å²) in [6.45, 7) is 9.46. The third-order valence-corrected chi connectivity index (χ3v) is 9.33.